The van der Waals surface area contributed by atoms with Gasteiger partial charge >= 0.3 is 5.97 Å². The van der Waals surface area contributed by atoms with E-state index in [0.717, 1.165) is 55.6 Å². The van der Waals surface area contributed by atoms with E-state index in [0.29, 0.717) is 17.7 Å². The minimum absolute atomic E-state index is 0.150. The summed E-state index contributed by atoms with van der Waals surface area (Å²) in [6.07, 6.45) is 1.58. The van der Waals surface area contributed by atoms with Crippen LogP contribution in [0.4, 0.5) is 5.69 Å². The number of carbonyl (C=O) groups is 1. The molecule has 0 unspecified atom stereocenters. The van der Waals surface area contributed by atoms with E-state index in [-0.39, 0.29) is 22.4 Å². The largest absolute Gasteiger partial charge is 0.492 e. The number of anilines is 1. The quantitative estimate of drug-likeness (QED) is 0.533. The SMILES string of the molecule is CCOC(=O)/C(C#N)=c1\s/c(=C/Nc2cccc(OCCN3CCOCC3)c2)c(=O)n1CC. The minimum Gasteiger partial charge on any atom is -0.492 e. The van der Waals surface area contributed by atoms with Crippen LogP contribution in [-0.4, -0.2) is 61.5 Å². The molecular formula is C23H28N4O5S. The Hall–Kier alpha value is -3.13. The van der Waals surface area contributed by atoms with Crippen LogP contribution in [0.3, 0.4) is 0 Å². The lowest BCUT2D eigenvalue weighted by molar-refractivity contribution is -0.136. The molecule has 3 rings (SSSR count). The molecule has 1 aromatic heterocycles. The van der Waals surface area contributed by atoms with Gasteiger partial charge in [0.1, 0.15) is 27.6 Å². The topological polar surface area (TPSA) is 106 Å². The number of nitrogens with zero attached hydrogens (tertiary/aromatic N) is 3. The smallest absolute Gasteiger partial charge is 0.351 e. The van der Waals surface area contributed by atoms with Crippen molar-refractivity contribution in [2.24, 2.45) is 0 Å². The van der Waals surface area contributed by atoms with Gasteiger partial charge in [0.2, 0.25) is 0 Å². The summed E-state index contributed by atoms with van der Waals surface area (Å²) in [5.41, 5.74) is 0.308. The predicted molar refractivity (Wildman–Crippen MR) is 126 cm³/mol. The molecule has 0 amide bonds. The van der Waals surface area contributed by atoms with Gasteiger partial charge in [0, 0.05) is 44.1 Å². The second-order valence-corrected chi connectivity index (χ2v) is 8.18. The normalized spacial score (nSPS) is 15.6. The first-order chi connectivity index (χ1) is 16.1. The lowest BCUT2D eigenvalue weighted by Gasteiger charge is -2.26. The first kappa shape index (κ1) is 24.5. The highest BCUT2D eigenvalue weighted by atomic mass is 32.1. The second kappa shape index (κ2) is 12.2. The summed E-state index contributed by atoms with van der Waals surface area (Å²) in [4.78, 5) is 27.2. The number of rotatable bonds is 9. The highest BCUT2D eigenvalue weighted by Crippen LogP contribution is 2.17. The van der Waals surface area contributed by atoms with Crippen LogP contribution in [0.25, 0.3) is 11.8 Å². The monoisotopic (exact) mass is 472 g/mol. The van der Waals surface area contributed by atoms with Crippen molar-refractivity contribution < 1.29 is 19.0 Å². The summed E-state index contributed by atoms with van der Waals surface area (Å²) in [7, 11) is 0. The molecule has 1 aromatic carbocycles. The second-order valence-electron chi connectivity index (χ2n) is 7.15. The number of carbonyl (C=O) groups excluding carboxylic acids is 1. The van der Waals surface area contributed by atoms with Crippen LogP contribution in [-0.2, 0) is 20.8 Å². The fraction of sp³-hybridized carbons (Fsp3) is 0.435. The third kappa shape index (κ3) is 6.44. The lowest BCUT2D eigenvalue weighted by Crippen LogP contribution is -2.38. The molecule has 1 aliphatic rings. The van der Waals surface area contributed by atoms with Crippen LogP contribution in [0.1, 0.15) is 13.8 Å². The fourth-order valence-electron chi connectivity index (χ4n) is 3.32. The third-order valence-electron chi connectivity index (χ3n) is 5.01. The van der Waals surface area contributed by atoms with Gasteiger partial charge < -0.3 is 19.5 Å². The molecule has 0 atom stereocenters. The van der Waals surface area contributed by atoms with Crippen LogP contribution in [0.2, 0.25) is 0 Å². The number of hydrogen-bond acceptors (Lipinski definition) is 9. The van der Waals surface area contributed by atoms with Gasteiger partial charge in [-0.2, -0.15) is 5.26 Å². The number of ether oxygens (including phenoxy) is 3. The van der Waals surface area contributed by atoms with Crippen molar-refractivity contribution in [2.75, 3.05) is 51.4 Å². The molecule has 9 nitrogen and oxygen atoms in total. The number of nitrogens with one attached hydrogen (secondary N) is 1. The van der Waals surface area contributed by atoms with Crippen molar-refractivity contribution in [3.05, 3.63) is 43.8 Å². The minimum atomic E-state index is -0.732. The molecule has 0 radical (unpaired) electrons. The lowest BCUT2D eigenvalue weighted by atomic mass is 10.3. The van der Waals surface area contributed by atoms with E-state index >= 15 is 0 Å². The van der Waals surface area contributed by atoms with E-state index in [4.69, 9.17) is 14.2 Å². The van der Waals surface area contributed by atoms with E-state index in [2.05, 4.69) is 10.2 Å². The number of esters is 1. The average molecular weight is 473 g/mol. The zero-order valence-electron chi connectivity index (χ0n) is 18.8. The van der Waals surface area contributed by atoms with Crippen molar-refractivity contribution in [3.8, 4) is 11.8 Å². The van der Waals surface area contributed by atoms with E-state index in [1.807, 2.05) is 30.3 Å². The Bertz CT molecular complexity index is 1170. The van der Waals surface area contributed by atoms with Crippen molar-refractivity contribution in [1.82, 2.24) is 9.47 Å². The van der Waals surface area contributed by atoms with E-state index < -0.39 is 5.97 Å². The van der Waals surface area contributed by atoms with Crippen LogP contribution in [0.5, 0.6) is 5.75 Å². The van der Waals surface area contributed by atoms with Gasteiger partial charge in [-0.15, -0.1) is 11.3 Å². The number of aromatic nitrogens is 1. The van der Waals surface area contributed by atoms with Gasteiger partial charge in [-0.1, -0.05) is 6.07 Å². The van der Waals surface area contributed by atoms with Gasteiger partial charge in [-0.05, 0) is 26.0 Å². The summed E-state index contributed by atoms with van der Waals surface area (Å²) in [6, 6.07) is 9.34. The highest BCUT2D eigenvalue weighted by molar-refractivity contribution is 7.07. The Morgan fingerprint density at radius 2 is 2.12 bits per heavy atom. The zero-order valence-corrected chi connectivity index (χ0v) is 19.7. The van der Waals surface area contributed by atoms with Gasteiger partial charge in [0.25, 0.3) is 5.56 Å². The van der Waals surface area contributed by atoms with Gasteiger partial charge in [0.15, 0.2) is 5.57 Å². The molecular weight excluding hydrogens is 444 g/mol. The maximum atomic E-state index is 12.8. The molecule has 1 fully saturated rings. The van der Waals surface area contributed by atoms with Crippen molar-refractivity contribution >= 4 is 34.8 Å². The van der Waals surface area contributed by atoms with Crippen LogP contribution >= 0.6 is 11.3 Å². The van der Waals surface area contributed by atoms with E-state index in [1.54, 1.807) is 20.0 Å². The highest BCUT2D eigenvalue weighted by Gasteiger charge is 2.16. The number of benzene rings is 1. The maximum absolute atomic E-state index is 12.8. The predicted octanol–water partition coefficient (Wildman–Crippen LogP) is 0.728. The molecule has 0 saturated carbocycles. The van der Waals surface area contributed by atoms with Crippen molar-refractivity contribution in [3.63, 3.8) is 0 Å². The molecule has 0 bridgehead atoms. The summed E-state index contributed by atoms with van der Waals surface area (Å²) in [6.45, 7) is 8.68. The zero-order chi connectivity index (χ0) is 23.6. The third-order valence-corrected chi connectivity index (χ3v) is 6.14. The number of nitriles is 1. The first-order valence-electron chi connectivity index (χ1n) is 10.9. The number of thiazole rings is 1. The molecule has 176 valence electrons. The Morgan fingerprint density at radius 1 is 1.33 bits per heavy atom. The average Bonchev–Trinajstić information content (AvgIpc) is 3.14. The fourth-order valence-corrected chi connectivity index (χ4v) is 4.40. The molecule has 1 saturated heterocycles. The molecule has 33 heavy (non-hydrogen) atoms. The Kier molecular flexibility index (Phi) is 9.06. The number of hydrogen-bond donors (Lipinski definition) is 1. The van der Waals surface area contributed by atoms with Crippen LogP contribution in [0, 0.1) is 11.3 Å². The molecule has 10 heteroatoms. The van der Waals surface area contributed by atoms with Gasteiger partial charge in [-0.3, -0.25) is 14.3 Å². The van der Waals surface area contributed by atoms with Crippen molar-refractivity contribution in [2.45, 2.75) is 20.4 Å². The van der Waals surface area contributed by atoms with E-state index in [1.165, 1.54) is 4.57 Å². The molecule has 2 aromatic rings. The standard InChI is InChI=1S/C23H28N4O5S/c1-3-27-21(28)20(33-22(27)19(15-24)23(29)31-4-2)16-25-17-6-5-7-18(14-17)32-13-10-26-8-11-30-12-9-26/h5-7,14,16,25H,3-4,8-13H2,1-2H3/b20-16+,22-19-. The maximum Gasteiger partial charge on any atom is 0.351 e. The summed E-state index contributed by atoms with van der Waals surface area (Å²) >= 11 is 1.08. The summed E-state index contributed by atoms with van der Waals surface area (Å²) in [5, 5.41) is 12.6. The van der Waals surface area contributed by atoms with E-state index in [9.17, 15) is 14.9 Å². The molecule has 1 aliphatic heterocycles. The first-order valence-corrected chi connectivity index (χ1v) is 11.7. The Morgan fingerprint density at radius 3 is 2.82 bits per heavy atom. The Labute approximate surface area is 196 Å². The Balaban J connectivity index is 1.76. The molecule has 0 aliphatic carbocycles. The van der Waals surface area contributed by atoms with Crippen molar-refractivity contribution in [1.29, 1.82) is 5.26 Å². The van der Waals surface area contributed by atoms with Crippen LogP contribution in [0.15, 0.2) is 29.1 Å². The van der Waals surface area contributed by atoms with Crippen LogP contribution < -0.4 is 24.8 Å². The van der Waals surface area contributed by atoms with Gasteiger partial charge in [-0.25, -0.2) is 4.79 Å². The summed E-state index contributed by atoms with van der Waals surface area (Å²) in [5.74, 6) is -0.00760. The number of morpholine rings is 1. The molecule has 0 spiro atoms. The molecule has 2 heterocycles. The summed E-state index contributed by atoms with van der Waals surface area (Å²) < 4.78 is 18.2. The molecule has 1 N–H and O–H groups in total. The van der Waals surface area contributed by atoms with Gasteiger partial charge in [0.05, 0.1) is 19.8 Å².